The summed E-state index contributed by atoms with van der Waals surface area (Å²) in [4.78, 5) is 15.2. The fourth-order valence-corrected chi connectivity index (χ4v) is 4.82. The van der Waals surface area contributed by atoms with Crippen LogP contribution in [-0.4, -0.2) is 58.9 Å². The average molecular weight is 491 g/mol. The third kappa shape index (κ3) is 5.57. The highest BCUT2D eigenvalue weighted by Gasteiger charge is 2.31. The van der Waals surface area contributed by atoms with E-state index in [1.54, 1.807) is 28.4 Å². The lowest BCUT2D eigenvalue weighted by atomic mass is 9.87. The number of nitrogens with zero attached hydrogens (tertiary/aromatic N) is 1. The van der Waals surface area contributed by atoms with E-state index in [1.165, 1.54) is 5.56 Å². The van der Waals surface area contributed by atoms with Gasteiger partial charge in [0, 0.05) is 13.1 Å². The van der Waals surface area contributed by atoms with Crippen molar-refractivity contribution >= 4 is 5.91 Å². The second-order valence-corrected chi connectivity index (χ2v) is 8.73. The van der Waals surface area contributed by atoms with Gasteiger partial charge in [0.1, 0.15) is 0 Å². The molecule has 1 unspecified atom stereocenters. The van der Waals surface area contributed by atoms with Crippen LogP contribution in [0.25, 0.3) is 0 Å². The molecule has 0 fully saturated rings. The molecule has 1 N–H and O–H groups in total. The van der Waals surface area contributed by atoms with Gasteiger partial charge in [-0.2, -0.15) is 0 Å². The summed E-state index contributed by atoms with van der Waals surface area (Å²) in [7, 11) is 6.54. The number of amides is 1. The summed E-state index contributed by atoms with van der Waals surface area (Å²) in [6.07, 6.45) is 1.53. The minimum atomic E-state index is -0.0497. The normalized spacial score (nSPS) is 15.1. The molecule has 1 amide bonds. The summed E-state index contributed by atoms with van der Waals surface area (Å²) < 4.78 is 21.8. The van der Waals surface area contributed by atoms with Crippen LogP contribution >= 0.6 is 0 Å². The van der Waals surface area contributed by atoms with E-state index >= 15 is 0 Å². The summed E-state index contributed by atoms with van der Waals surface area (Å²) in [5, 5.41) is 3.08. The Morgan fingerprint density at radius 1 is 0.861 bits per heavy atom. The number of fused-ring (bicyclic) bond motifs is 1. The molecule has 7 nitrogen and oxygen atoms in total. The molecule has 36 heavy (non-hydrogen) atoms. The van der Waals surface area contributed by atoms with Crippen molar-refractivity contribution in [1.29, 1.82) is 0 Å². The lowest BCUT2D eigenvalue weighted by Crippen LogP contribution is -2.43. The Kier molecular flexibility index (Phi) is 8.33. The van der Waals surface area contributed by atoms with Gasteiger partial charge < -0.3 is 24.3 Å². The van der Waals surface area contributed by atoms with Crippen LogP contribution in [0.1, 0.15) is 28.3 Å². The topological polar surface area (TPSA) is 69.3 Å². The minimum Gasteiger partial charge on any atom is -0.493 e. The standard InChI is InChI=1S/C29H34N2O5/c1-33-24-11-10-20(16-25(24)34-2)12-14-30-28(32)19-31-15-13-22-17-26(35-3)27(36-4)18-23(22)29(31)21-8-6-5-7-9-21/h5-11,16-18,29H,12-15,19H2,1-4H3,(H,30,32). The fourth-order valence-electron chi connectivity index (χ4n) is 4.82. The highest BCUT2D eigenvalue weighted by molar-refractivity contribution is 5.78. The largest absolute Gasteiger partial charge is 0.493 e. The molecular weight excluding hydrogens is 456 g/mol. The SMILES string of the molecule is COc1ccc(CCNC(=O)CN2CCc3cc(OC)c(OC)cc3C2c2ccccc2)cc1OC. The summed E-state index contributed by atoms with van der Waals surface area (Å²) in [5.74, 6) is 2.80. The zero-order valence-electron chi connectivity index (χ0n) is 21.4. The second-order valence-electron chi connectivity index (χ2n) is 8.73. The first-order chi connectivity index (χ1) is 17.6. The number of ether oxygens (including phenoxy) is 4. The van der Waals surface area contributed by atoms with Crippen LogP contribution in [0.15, 0.2) is 60.7 Å². The Labute approximate surface area is 212 Å². The second kappa shape index (κ2) is 11.8. The molecular formula is C29H34N2O5. The van der Waals surface area contributed by atoms with Gasteiger partial charge in [-0.1, -0.05) is 36.4 Å². The number of nitrogens with one attached hydrogen (secondary N) is 1. The molecule has 0 radical (unpaired) electrons. The Hall–Kier alpha value is -3.71. The molecule has 3 aromatic carbocycles. The van der Waals surface area contributed by atoms with Crippen molar-refractivity contribution in [1.82, 2.24) is 10.2 Å². The Bertz CT molecular complexity index is 1180. The lowest BCUT2D eigenvalue weighted by molar-refractivity contribution is -0.122. The summed E-state index contributed by atoms with van der Waals surface area (Å²) in [5.41, 5.74) is 4.57. The molecule has 7 heteroatoms. The van der Waals surface area contributed by atoms with Crippen LogP contribution in [0.5, 0.6) is 23.0 Å². The molecule has 0 aromatic heterocycles. The van der Waals surface area contributed by atoms with Gasteiger partial charge in [0.25, 0.3) is 0 Å². The highest BCUT2D eigenvalue weighted by atomic mass is 16.5. The zero-order chi connectivity index (χ0) is 25.5. The van der Waals surface area contributed by atoms with Crippen LogP contribution < -0.4 is 24.3 Å². The maximum atomic E-state index is 13.0. The first-order valence-corrected chi connectivity index (χ1v) is 12.1. The molecule has 4 rings (SSSR count). The molecule has 1 atom stereocenters. The zero-order valence-corrected chi connectivity index (χ0v) is 21.4. The van der Waals surface area contributed by atoms with E-state index in [2.05, 4.69) is 28.4 Å². The van der Waals surface area contributed by atoms with Crippen molar-refractivity contribution in [3.05, 3.63) is 82.9 Å². The quantitative estimate of drug-likeness (QED) is 0.463. The maximum Gasteiger partial charge on any atom is 0.234 e. The van der Waals surface area contributed by atoms with Crippen molar-refractivity contribution in [2.45, 2.75) is 18.9 Å². The van der Waals surface area contributed by atoms with Crippen LogP contribution in [0.2, 0.25) is 0 Å². The van der Waals surface area contributed by atoms with E-state index in [0.29, 0.717) is 36.8 Å². The number of hydrogen-bond donors (Lipinski definition) is 1. The molecule has 3 aromatic rings. The molecule has 1 aliphatic heterocycles. The van der Waals surface area contributed by atoms with Gasteiger partial charge in [-0.05, 0) is 59.4 Å². The van der Waals surface area contributed by atoms with Gasteiger partial charge in [-0.3, -0.25) is 9.69 Å². The summed E-state index contributed by atoms with van der Waals surface area (Å²) in [6, 6.07) is 20.2. The van der Waals surface area contributed by atoms with Crippen LogP contribution in [0.4, 0.5) is 0 Å². The average Bonchev–Trinajstić information content (AvgIpc) is 2.92. The van der Waals surface area contributed by atoms with E-state index in [4.69, 9.17) is 18.9 Å². The van der Waals surface area contributed by atoms with E-state index in [-0.39, 0.29) is 11.9 Å². The van der Waals surface area contributed by atoms with E-state index < -0.39 is 0 Å². The predicted octanol–water partition coefficient (Wildman–Crippen LogP) is 4.03. The van der Waals surface area contributed by atoms with Crippen molar-refractivity contribution in [3.63, 3.8) is 0 Å². The number of rotatable bonds is 10. The van der Waals surface area contributed by atoms with Crippen LogP contribution in [0.3, 0.4) is 0 Å². The van der Waals surface area contributed by atoms with Crippen LogP contribution in [-0.2, 0) is 17.6 Å². The first kappa shape index (κ1) is 25.4. The number of methoxy groups -OCH3 is 4. The molecule has 1 heterocycles. The van der Waals surface area contributed by atoms with E-state index in [0.717, 1.165) is 35.4 Å². The van der Waals surface area contributed by atoms with E-state index in [1.807, 2.05) is 42.5 Å². The first-order valence-electron chi connectivity index (χ1n) is 12.1. The van der Waals surface area contributed by atoms with Crippen molar-refractivity contribution < 1.29 is 23.7 Å². The van der Waals surface area contributed by atoms with Gasteiger partial charge in [-0.15, -0.1) is 0 Å². The number of benzene rings is 3. The molecule has 190 valence electrons. The van der Waals surface area contributed by atoms with Crippen molar-refractivity contribution in [3.8, 4) is 23.0 Å². The molecule has 0 saturated heterocycles. The van der Waals surface area contributed by atoms with Gasteiger partial charge >= 0.3 is 0 Å². The fraction of sp³-hybridized carbons (Fsp3) is 0.345. The van der Waals surface area contributed by atoms with Gasteiger partial charge in [0.15, 0.2) is 23.0 Å². The number of carbonyl (C=O) groups excluding carboxylic acids is 1. The molecule has 0 bridgehead atoms. The number of hydrogen-bond acceptors (Lipinski definition) is 6. The lowest BCUT2D eigenvalue weighted by Gasteiger charge is -2.37. The monoisotopic (exact) mass is 490 g/mol. The van der Waals surface area contributed by atoms with E-state index in [9.17, 15) is 4.79 Å². The molecule has 0 spiro atoms. The Morgan fingerprint density at radius 2 is 1.53 bits per heavy atom. The third-order valence-electron chi connectivity index (χ3n) is 6.62. The van der Waals surface area contributed by atoms with Gasteiger partial charge in [0.2, 0.25) is 5.91 Å². The molecule has 0 aliphatic carbocycles. The summed E-state index contributed by atoms with van der Waals surface area (Å²) in [6.45, 7) is 1.62. The predicted molar refractivity (Wildman–Crippen MR) is 139 cm³/mol. The smallest absolute Gasteiger partial charge is 0.234 e. The summed E-state index contributed by atoms with van der Waals surface area (Å²) >= 11 is 0. The van der Waals surface area contributed by atoms with Crippen LogP contribution in [0, 0.1) is 0 Å². The number of carbonyl (C=O) groups is 1. The minimum absolute atomic E-state index is 0.000310. The van der Waals surface area contributed by atoms with Gasteiger partial charge in [-0.25, -0.2) is 0 Å². The van der Waals surface area contributed by atoms with Crippen molar-refractivity contribution in [2.24, 2.45) is 0 Å². The van der Waals surface area contributed by atoms with Crippen molar-refractivity contribution in [2.75, 3.05) is 48.1 Å². The Balaban J connectivity index is 1.48. The molecule has 1 aliphatic rings. The van der Waals surface area contributed by atoms with Gasteiger partial charge in [0.05, 0.1) is 41.0 Å². The highest BCUT2D eigenvalue weighted by Crippen LogP contribution is 2.40. The third-order valence-corrected chi connectivity index (χ3v) is 6.62. The maximum absolute atomic E-state index is 13.0. The Morgan fingerprint density at radius 3 is 2.22 bits per heavy atom. The molecule has 0 saturated carbocycles.